The third-order valence-corrected chi connectivity index (χ3v) is 8.64. The molecule has 0 aromatic heterocycles. The van der Waals surface area contributed by atoms with Gasteiger partial charge in [-0.05, 0) is 37.2 Å². The molecule has 1 N–H and O–H groups in total. The highest BCUT2D eigenvalue weighted by atomic mass is 16.5. The van der Waals surface area contributed by atoms with Crippen molar-refractivity contribution in [2.24, 2.45) is 17.8 Å². The van der Waals surface area contributed by atoms with Crippen molar-refractivity contribution in [1.82, 2.24) is 14.7 Å². The van der Waals surface area contributed by atoms with Crippen LogP contribution in [0.4, 0.5) is 0 Å². The van der Waals surface area contributed by atoms with E-state index in [4.69, 9.17) is 4.74 Å². The van der Waals surface area contributed by atoms with Crippen LogP contribution in [0.15, 0.2) is 55.6 Å². The number of likely N-dealkylation sites (tertiary alicyclic amines) is 1. The monoisotopic (exact) mass is 551 g/mol. The van der Waals surface area contributed by atoms with E-state index in [1.807, 2.05) is 51.1 Å². The molecule has 40 heavy (non-hydrogen) atoms. The van der Waals surface area contributed by atoms with E-state index in [0.717, 1.165) is 12.0 Å². The summed E-state index contributed by atoms with van der Waals surface area (Å²) in [5.74, 6) is -1.83. The number of nitrogens with zero attached hydrogens (tertiary/aromatic N) is 3. The average Bonchev–Trinajstić information content (AvgIpc) is 3.58. The van der Waals surface area contributed by atoms with E-state index in [2.05, 4.69) is 13.2 Å². The van der Waals surface area contributed by atoms with Crippen molar-refractivity contribution in [3.05, 3.63) is 61.2 Å². The van der Waals surface area contributed by atoms with Crippen molar-refractivity contribution in [3.63, 3.8) is 0 Å². The zero-order chi connectivity index (χ0) is 29.0. The molecule has 2 bridgehead atoms. The molecule has 0 radical (unpaired) electrons. The molecular weight excluding hydrogens is 506 g/mol. The zero-order valence-electron chi connectivity index (χ0n) is 24.2. The summed E-state index contributed by atoms with van der Waals surface area (Å²) in [5, 5.41) is 10.5. The number of rotatable bonds is 14. The second-order valence-corrected chi connectivity index (χ2v) is 11.8. The summed E-state index contributed by atoms with van der Waals surface area (Å²) in [5.41, 5.74) is -0.140. The fraction of sp³-hybridized carbons (Fsp3) is 0.594. The summed E-state index contributed by atoms with van der Waals surface area (Å²) < 4.78 is 6.65. The van der Waals surface area contributed by atoms with E-state index >= 15 is 0 Å². The van der Waals surface area contributed by atoms with Gasteiger partial charge in [-0.15, -0.1) is 13.2 Å². The van der Waals surface area contributed by atoms with E-state index in [-0.39, 0.29) is 30.2 Å². The molecule has 1 spiro atoms. The maximum Gasteiger partial charge on any atom is 0.249 e. The van der Waals surface area contributed by atoms with Gasteiger partial charge in [-0.3, -0.25) is 14.4 Å². The number of fused-ring (bicyclic) bond motifs is 1. The number of hydrogen-bond donors (Lipinski definition) is 1. The SMILES string of the molecule is C=CCN(Cc1ccccc1)C(=O)C1N([C@@H](CO)CC(C)C)C(=O)[C@@H]2[C@@H](C(=O)N(CC=C)CCC)[C@H]3CCC12O3. The lowest BCUT2D eigenvalue weighted by atomic mass is 9.70. The van der Waals surface area contributed by atoms with E-state index in [0.29, 0.717) is 45.4 Å². The van der Waals surface area contributed by atoms with Crippen LogP contribution >= 0.6 is 0 Å². The highest BCUT2D eigenvalue weighted by Crippen LogP contribution is 2.59. The second-order valence-electron chi connectivity index (χ2n) is 11.8. The number of benzene rings is 1. The van der Waals surface area contributed by atoms with Crippen molar-refractivity contribution in [2.75, 3.05) is 26.2 Å². The summed E-state index contributed by atoms with van der Waals surface area (Å²) >= 11 is 0. The fourth-order valence-electron chi connectivity index (χ4n) is 7.16. The summed E-state index contributed by atoms with van der Waals surface area (Å²) in [4.78, 5) is 48.0. The minimum absolute atomic E-state index is 0.114. The van der Waals surface area contributed by atoms with Crippen LogP contribution in [0, 0.1) is 17.8 Å². The van der Waals surface area contributed by atoms with Crippen molar-refractivity contribution < 1.29 is 24.2 Å². The number of hydrogen-bond acceptors (Lipinski definition) is 5. The van der Waals surface area contributed by atoms with Crippen LogP contribution in [0.3, 0.4) is 0 Å². The van der Waals surface area contributed by atoms with Gasteiger partial charge in [0, 0.05) is 26.2 Å². The Hall–Kier alpha value is -2.97. The van der Waals surface area contributed by atoms with Gasteiger partial charge in [0.05, 0.1) is 30.6 Å². The molecule has 8 heteroatoms. The zero-order valence-corrected chi connectivity index (χ0v) is 24.2. The van der Waals surface area contributed by atoms with Crippen molar-refractivity contribution in [3.8, 4) is 0 Å². The van der Waals surface area contributed by atoms with Gasteiger partial charge < -0.3 is 24.5 Å². The summed E-state index contributed by atoms with van der Waals surface area (Å²) in [7, 11) is 0. The van der Waals surface area contributed by atoms with Gasteiger partial charge in [-0.25, -0.2) is 0 Å². The Morgan fingerprint density at radius 1 is 1.15 bits per heavy atom. The highest BCUT2D eigenvalue weighted by Gasteiger charge is 2.75. The first-order chi connectivity index (χ1) is 19.2. The Kier molecular flexibility index (Phi) is 9.52. The molecule has 3 fully saturated rings. The molecular formula is C32H45N3O5. The Morgan fingerprint density at radius 2 is 1.82 bits per heavy atom. The number of ether oxygens (including phenoxy) is 1. The highest BCUT2D eigenvalue weighted by molar-refractivity contribution is 5.99. The Labute approximate surface area is 238 Å². The predicted molar refractivity (Wildman–Crippen MR) is 154 cm³/mol. The number of carbonyl (C=O) groups excluding carboxylic acids is 3. The molecule has 0 aliphatic carbocycles. The largest absolute Gasteiger partial charge is 0.394 e. The standard InChI is InChI=1S/C32H45N3O5/c1-6-16-33(17-7-2)29(37)26-25-14-15-32(40-25)27(26)30(38)35(24(21-36)19-22(4)5)28(32)31(39)34(18-8-3)20-23-12-10-9-11-13-23/h6,8-13,22,24-28,36H,1,3,7,14-21H2,2,4-5H3/t24-,25-,26+,27+,28?,32?/m1/s1. The van der Waals surface area contributed by atoms with Gasteiger partial charge in [-0.1, -0.05) is 63.3 Å². The Balaban J connectivity index is 1.77. The summed E-state index contributed by atoms with van der Waals surface area (Å²) in [6, 6.07) is 8.24. The predicted octanol–water partition coefficient (Wildman–Crippen LogP) is 3.41. The van der Waals surface area contributed by atoms with E-state index in [9.17, 15) is 19.5 Å². The minimum atomic E-state index is -1.11. The molecule has 8 nitrogen and oxygen atoms in total. The maximum atomic E-state index is 14.6. The van der Waals surface area contributed by atoms with Crippen molar-refractivity contribution in [2.45, 2.75) is 76.8 Å². The molecule has 3 saturated heterocycles. The Bertz CT molecular complexity index is 1090. The van der Waals surface area contributed by atoms with Gasteiger partial charge in [-0.2, -0.15) is 0 Å². The van der Waals surface area contributed by atoms with Gasteiger partial charge in [0.2, 0.25) is 17.7 Å². The average molecular weight is 552 g/mol. The third kappa shape index (κ3) is 5.36. The normalized spacial score (nSPS) is 27.5. The fourth-order valence-corrected chi connectivity index (χ4v) is 7.16. The molecule has 3 amide bonds. The van der Waals surface area contributed by atoms with Crippen molar-refractivity contribution in [1.29, 1.82) is 0 Å². The molecule has 3 aliphatic heterocycles. The minimum Gasteiger partial charge on any atom is -0.394 e. The van der Waals surface area contributed by atoms with Gasteiger partial charge >= 0.3 is 0 Å². The van der Waals surface area contributed by atoms with Gasteiger partial charge in [0.15, 0.2) is 0 Å². The molecule has 3 aliphatic rings. The molecule has 0 saturated carbocycles. The maximum absolute atomic E-state index is 14.6. The topological polar surface area (TPSA) is 90.4 Å². The van der Waals surface area contributed by atoms with Crippen LogP contribution in [0.2, 0.25) is 0 Å². The first-order valence-electron chi connectivity index (χ1n) is 14.7. The van der Waals surface area contributed by atoms with Gasteiger partial charge in [0.25, 0.3) is 0 Å². The first-order valence-corrected chi connectivity index (χ1v) is 14.7. The van der Waals surface area contributed by atoms with E-state index < -0.39 is 35.6 Å². The van der Waals surface area contributed by atoms with Crippen molar-refractivity contribution >= 4 is 17.7 Å². The quantitative estimate of drug-likeness (QED) is 0.358. The Morgan fingerprint density at radius 3 is 2.42 bits per heavy atom. The van der Waals surface area contributed by atoms with Crippen LogP contribution in [0.1, 0.15) is 52.0 Å². The third-order valence-electron chi connectivity index (χ3n) is 8.64. The molecule has 1 aromatic rings. The molecule has 4 rings (SSSR count). The number of carbonyl (C=O) groups is 3. The van der Waals surface area contributed by atoms with Crippen LogP contribution in [0.25, 0.3) is 0 Å². The van der Waals surface area contributed by atoms with Crippen LogP contribution in [0.5, 0.6) is 0 Å². The van der Waals surface area contributed by atoms with Crippen LogP contribution in [-0.2, 0) is 25.7 Å². The summed E-state index contributed by atoms with van der Waals surface area (Å²) in [6.07, 6.45) is 5.43. The van der Waals surface area contributed by atoms with E-state index in [1.54, 1.807) is 26.9 Å². The lowest BCUT2D eigenvalue weighted by molar-refractivity contribution is -0.152. The van der Waals surface area contributed by atoms with Crippen LogP contribution in [-0.4, -0.2) is 87.6 Å². The van der Waals surface area contributed by atoms with Gasteiger partial charge in [0.1, 0.15) is 11.6 Å². The number of amides is 3. The number of aliphatic hydroxyl groups is 1. The molecule has 1 aromatic carbocycles. The smallest absolute Gasteiger partial charge is 0.249 e. The molecule has 3 heterocycles. The molecule has 218 valence electrons. The number of aliphatic hydroxyl groups excluding tert-OH is 1. The summed E-state index contributed by atoms with van der Waals surface area (Å²) in [6.45, 7) is 15.1. The van der Waals surface area contributed by atoms with E-state index in [1.165, 1.54) is 0 Å². The molecule has 2 unspecified atom stereocenters. The lowest BCUT2D eigenvalue weighted by Gasteiger charge is -2.39. The molecule has 6 atom stereocenters. The lowest BCUT2D eigenvalue weighted by Crippen LogP contribution is -2.58. The first kappa shape index (κ1) is 30.0. The second kappa shape index (κ2) is 12.7. The van der Waals surface area contributed by atoms with Crippen LogP contribution < -0.4 is 0 Å².